The molecule has 1 aromatic carbocycles. The van der Waals surface area contributed by atoms with Crippen LogP contribution in [0.5, 0.6) is 5.75 Å². The van der Waals surface area contributed by atoms with Gasteiger partial charge in [0.1, 0.15) is 5.75 Å². The molecule has 0 unspecified atom stereocenters. The third kappa shape index (κ3) is 7.00. The van der Waals surface area contributed by atoms with Crippen LogP contribution in [0.1, 0.15) is 57.9 Å². The van der Waals surface area contributed by atoms with Crippen LogP contribution in [-0.2, 0) is 16.0 Å². The summed E-state index contributed by atoms with van der Waals surface area (Å²) in [6.07, 6.45) is 6.67. The number of aromatic amines is 1. The second kappa shape index (κ2) is 11.5. The molecule has 0 saturated carbocycles. The number of carboxylic acid groups (broad SMARTS) is 1. The van der Waals surface area contributed by atoms with Gasteiger partial charge in [0.25, 0.3) is 0 Å². The Labute approximate surface area is 166 Å². The number of aromatic nitrogens is 1. The van der Waals surface area contributed by atoms with Crippen LogP contribution < -0.4 is 4.74 Å². The van der Waals surface area contributed by atoms with Gasteiger partial charge in [0.05, 0.1) is 0 Å². The van der Waals surface area contributed by atoms with E-state index in [9.17, 15) is 9.59 Å². The van der Waals surface area contributed by atoms with E-state index in [-0.39, 0.29) is 18.8 Å². The van der Waals surface area contributed by atoms with Gasteiger partial charge in [-0.3, -0.25) is 9.59 Å². The highest BCUT2D eigenvalue weighted by molar-refractivity contribution is 5.85. The molecule has 2 rings (SSSR count). The normalized spacial score (nSPS) is 11.2. The van der Waals surface area contributed by atoms with E-state index in [1.165, 1.54) is 18.4 Å². The topological polar surface area (TPSA) is 82.6 Å². The van der Waals surface area contributed by atoms with Crippen molar-refractivity contribution in [1.29, 1.82) is 0 Å². The summed E-state index contributed by atoms with van der Waals surface area (Å²) >= 11 is 0. The number of carboxylic acids is 1. The number of esters is 1. The molecule has 0 spiro atoms. The predicted octanol–water partition coefficient (Wildman–Crippen LogP) is 4.38. The fourth-order valence-corrected chi connectivity index (χ4v) is 3.41. The summed E-state index contributed by atoms with van der Waals surface area (Å²) in [7, 11) is 0. The number of hydrogen-bond acceptors (Lipinski definition) is 4. The van der Waals surface area contributed by atoms with E-state index < -0.39 is 5.97 Å². The number of unbranched alkanes of at least 4 members (excludes halogenated alkanes) is 1. The van der Waals surface area contributed by atoms with E-state index in [4.69, 9.17) is 9.84 Å². The Bertz CT molecular complexity index is 763. The molecular formula is C22H32N2O4. The minimum atomic E-state index is -0.839. The van der Waals surface area contributed by atoms with Gasteiger partial charge in [0.2, 0.25) is 0 Å². The lowest BCUT2D eigenvalue weighted by atomic mass is 10.1. The van der Waals surface area contributed by atoms with Gasteiger partial charge in [0, 0.05) is 42.6 Å². The fraction of sp³-hybridized carbons (Fsp3) is 0.545. The largest absolute Gasteiger partial charge is 0.481 e. The van der Waals surface area contributed by atoms with Gasteiger partial charge in [-0.2, -0.15) is 0 Å². The maximum Gasteiger partial charge on any atom is 0.311 e. The van der Waals surface area contributed by atoms with E-state index >= 15 is 0 Å². The summed E-state index contributed by atoms with van der Waals surface area (Å²) < 4.78 is 5.39. The average Bonchev–Trinajstić information content (AvgIpc) is 3.06. The first-order valence-electron chi connectivity index (χ1n) is 10.3. The molecule has 0 fully saturated rings. The molecule has 0 aliphatic rings. The van der Waals surface area contributed by atoms with Crippen LogP contribution in [0.2, 0.25) is 0 Å². The summed E-state index contributed by atoms with van der Waals surface area (Å²) in [5, 5.41) is 9.78. The number of nitrogens with zero attached hydrogens (tertiary/aromatic N) is 1. The van der Waals surface area contributed by atoms with Gasteiger partial charge in [-0.15, -0.1) is 0 Å². The van der Waals surface area contributed by atoms with Crippen molar-refractivity contribution in [3.05, 3.63) is 30.0 Å². The number of benzene rings is 1. The molecule has 0 atom stereocenters. The second-order valence-electron chi connectivity index (χ2n) is 7.19. The van der Waals surface area contributed by atoms with Crippen LogP contribution in [0.15, 0.2) is 24.4 Å². The molecule has 2 aromatic rings. The third-order valence-electron chi connectivity index (χ3n) is 4.77. The molecule has 6 nitrogen and oxygen atoms in total. The molecule has 0 aliphatic heterocycles. The molecule has 0 bridgehead atoms. The Hall–Kier alpha value is -2.34. The fourth-order valence-electron chi connectivity index (χ4n) is 3.41. The minimum absolute atomic E-state index is 0.0818. The second-order valence-corrected chi connectivity index (χ2v) is 7.19. The highest BCUT2D eigenvalue weighted by atomic mass is 16.5. The summed E-state index contributed by atoms with van der Waals surface area (Å²) in [5.41, 5.74) is 2.24. The van der Waals surface area contributed by atoms with Crippen molar-refractivity contribution in [3.63, 3.8) is 0 Å². The number of aliphatic carboxylic acids is 1. The lowest BCUT2D eigenvalue weighted by molar-refractivity contribution is -0.138. The zero-order valence-corrected chi connectivity index (χ0v) is 17.0. The molecular weight excluding hydrogens is 356 g/mol. The summed E-state index contributed by atoms with van der Waals surface area (Å²) in [4.78, 5) is 28.2. The van der Waals surface area contributed by atoms with Crippen LogP contribution >= 0.6 is 0 Å². The zero-order chi connectivity index (χ0) is 20.4. The zero-order valence-electron chi connectivity index (χ0n) is 17.0. The lowest BCUT2D eigenvalue weighted by Gasteiger charge is -2.20. The van der Waals surface area contributed by atoms with Gasteiger partial charge in [-0.05, 0) is 62.9 Å². The Morgan fingerprint density at radius 2 is 1.79 bits per heavy atom. The quantitative estimate of drug-likeness (QED) is 0.302. The first-order chi connectivity index (χ1) is 13.5. The van der Waals surface area contributed by atoms with Crippen molar-refractivity contribution < 1.29 is 19.4 Å². The van der Waals surface area contributed by atoms with Crippen molar-refractivity contribution in [3.8, 4) is 5.75 Å². The maximum atomic E-state index is 11.9. The summed E-state index contributed by atoms with van der Waals surface area (Å²) in [6, 6.07) is 5.67. The summed E-state index contributed by atoms with van der Waals surface area (Å²) in [5.74, 6) is -0.650. The van der Waals surface area contributed by atoms with Gasteiger partial charge in [0.15, 0.2) is 0 Å². The smallest absolute Gasteiger partial charge is 0.311 e. The van der Waals surface area contributed by atoms with Crippen molar-refractivity contribution in [2.24, 2.45) is 0 Å². The third-order valence-corrected chi connectivity index (χ3v) is 4.77. The van der Waals surface area contributed by atoms with Crippen molar-refractivity contribution >= 4 is 22.8 Å². The molecule has 2 N–H and O–H groups in total. The number of carbonyl (C=O) groups is 2. The Kier molecular flexibility index (Phi) is 9.01. The lowest BCUT2D eigenvalue weighted by Crippen LogP contribution is -2.27. The first kappa shape index (κ1) is 22.0. The van der Waals surface area contributed by atoms with E-state index in [1.54, 1.807) is 0 Å². The number of hydrogen-bond donors (Lipinski definition) is 2. The van der Waals surface area contributed by atoms with E-state index in [0.717, 1.165) is 37.0 Å². The molecule has 6 heteroatoms. The molecule has 0 radical (unpaired) electrons. The van der Waals surface area contributed by atoms with Gasteiger partial charge in [-0.25, -0.2) is 0 Å². The Balaban J connectivity index is 1.90. The molecule has 1 aromatic heterocycles. The van der Waals surface area contributed by atoms with E-state index in [2.05, 4.69) is 23.7 Å². The number of nitrogens with one attached hydrogen (secondary N) is 1. The standard InChI is InChI=1S/C22H32N2O4/c1-3-12-24(13-4-2)14-11-17-16-23-20-15-18(9-10-19(17)20)28-22(27)8-6-5-7-21(25)26/h9-10,15-16,23H,3-8,11-14H2,1-2H3,(H,25,26). The van der Waals surface area contributed by atoms with Crippen LogP contribution in [0.4, 0.5) is 0 Å². The molecule has 0 aliphatic carbocycles. The van der Waals surface area contributed by atoms with Crippen molar-refractivity contribution in [2.75, 3.05) is 19.6 Å². The monoisotopic (exact) mass is 388 g/mol. The van der Waals surface area contributed by atoms with E-state index in [0.29, 0.717) is 18.6 Å². The summed E-state index contributed by atoms with van der Waals surface area (Å²) in [6.45, 7) is 7.72. The molecule has 28 heavy (non-hydrogen) atoms. The van der Waals surface area contributed by atoms with Crippen LogP contribution in [-0.4, -0.2) is 46.6 Å². The van der Waals surface area contributed by atoms with Crippen molar-refractivity contribution in [1.82, 2.24) is 9.88 Å². The average molecular weight is 389 g/mol. The predicted molar refractivity (Wildman–Crippen MR) is 111 cm³/mol. The van der Waals surface area contributed by atoms with Gasteiger partial charge in [-0.1, -0.05) is 13.8 Å². The Morgan fingerprint density at radius 3 is 2.46 bits per heavy atom. The van der Waals surface area contributed by atoms with Crippen LogP contribution in [0, 0.1) is 0 Å². The van der Waals surface area contributed by atoms with Gasteiger partial charge >= 0.3 is 11.9 Å². The number of rotatable bonds is 13. The van der Waals surface area contributed by atoms with Crippen molar-refractivity contribution in [2.45, 2.75) is 58.8 Å². The highest BCUT2D eigenvalue weighted by Crippen LogP contribution is 2.24. The SMILES string of the molecule is CCCN(CCC)CCc1c[nH]c2cc(OC(=O)CCCCC(=O)O)ccc12. The molecule has 154 valence electrons. The number of ether oxygens (including phenoxy) is 1. The number of carbonyl (C=O) groups excluding carboxylic acids is 1. The minimum Gasteiger partial charge on any atom is -0.481 e. The molecule has 0 amide bonds. The Morgan fingerprint density at radius 1 is 1.07 bits per heavy atom. The molecule has 1 heterocycles. The first-order valence-corrected chi connectivity index (χ1v) is 10.3. The molecule has 0 saturated heterocycles. The maximum absolute atomic E-state index is 11.9. The van der Waals surface area contributed by atoms with Gasteiger partial charge < -0.3 is 19.7 Å². The highest BCUT2D eigenvalue weighted by Gasteiger charge is 2.10. The number of fused-ring (bicyclic) bond motifs is 1. The van der Waals surface area contributed by atoms with Crippen LogP contribution in [0.3, 0.4) is 0 Å². The van der Waals surface area contributed by atoms with Crippen LogP contribution in [0.25, 0.3) is 10.9 Å². The van der Waals surface area contributed by atoms with E-state index in [1.807, 2.05) is 24.4 Å². The number of H-pyrrole nitrogens is 1.